The highest BCUT2D eigenvalue weighted by Gasteiger charge is 2.21. The van der Waals surface area contributed by atoms with Crippen molar-refractivity contribution in [3.05, 3.63) is 12.4 Å². The fourth-order valence-corrected chi connectivity index (χ4v) is 1.07. The second-order valence-electron chi connectivity index (χ2n) is 3.08. The number of rotatable bonds is 6. The zero-order valence-corrected chi connectivity index (χ0v) is 8.95. The Morgan fingerprint density at radius 3 is 2.71 bits per heavy atom. The number of nitrogens with zero attached hydrogens (tertiary/aromatic N) is 2. The maximum atomic E-state index is 10.8. The number of carboxylic acid groups (broad SMARTS) is 2. The molecule has 0 aliphatic heterocycles. The molecular formula is C9H11N3O5. The lowest BCUT2D eigenvalue weighted by atomic mass is 10.2. The van der Waals surface area contributed by atoms with E-state index in [9.17, 15) is 9.59 Å². The molecule has 0 aromatic carbocycles. The average Bonchev–Trinajstić information content (AvgIpc) is 2.27. The van der Waals surface area contributed by atoms with E-state index in [1.54, 1.807) is 0 Å². The molecule has 8 nitrogen and oxygen atoms in total. The molecule has 17 heavy (non-hydrogen) atoms. The Labute approximate surface area is 96.3 Å². The molecule has 1 unspecified atom stereocenters. The SMILES string of the molecule is COc1cncc(NC(CC(=O)O)C(=O)O)n1. The first-order valence-corrected chi connectivity index (χ1v) is 4.60. The third-order valence-corrected chi connectivity index (χ3v) is 1.82. The molecule has 1 rings (SSSR count). The molecule has 1 aromatic heterocycles. The monoisotopic (exact) mass is 241 g/mol. The predicted molar refractivity (Wildman–Crippen MR) is 55.9 cm³/mol. The first kappa shape index (κ1) is 12.7. The van der Waals surface area contributed by atoms with Gasteiger partial charge in [0.05, 0.1) is 25.9 Å². The van der Waals surface area contributed by atoms with Gasteiger partial charge in [0, 0.05) is 0 Å². The summed E-state index contributed by atoms with van der Waals surface area (Å²) < 4.78 is 4.80. The summed E-state index contributed by atoms with van der Waals surface area (Å²) in [5.74, 6) is -2.16. The fraction of sp³-hybridized carbons (Fsp3) is 0.333. The highest BCUT2D eigenvalue weighted by atomic mass is 16.5. The van der Waals surface area contributed by atoms with Gasteiger partial charge in [-0.25, -0.2) is 4.79 Å². The van der Waals surface area contributed by atoms with Gasteiger partial charge in [-0.2, -0.15) is 4.98 Å². The minimum atomic E-state index is -1.28. The van der Waals surface area contributed by atoms with E-state index in [1.165, 1.54) is 19.5 Å². The largest absolute Gasteiger partial charge is 0.481 e. The molecule has 0 fully saturated rings. The summed E-state index contributed by atoms with van der Waals surface area (Å²) in [4.78, 5) is 28.9. The van der Waals surface area contributed by atoms with Gasteiger partial charge in [0.15, 0.2) is 0 Å². The summed E-state index contributed by atoms with van der Waals surface area (Å²) in [6.45, 7) is 0. The summed E-state index contributed by atoms with van der Waals surface area (Å²) >= 11 is 0. The molecule has 0 saturated heterocycles. The Morgan fingerprint density at radius 1 is 1.47 bits per heavy atom. The molecular weight excluding hydrogens is 230 g/mol. The van der Waals surface area contributed by atoms with Crippen molar-refractivity contribution in [2.45, 2.75) is 12.5 Å². The lowest BCUT2D eigenvalue weighted by Crippen LogP contribution is -2.32. The molecule has 0 saturated carbocycles. The van der Waals surface area contributed by atoms with Crippen LogP contribution in [0.5, 0.6) is 5.88 Å². The van der Waals surface area contributed by atoms with Crippen molar-refractivity contribution in [3.8, 4) is 5.88 Å². The van der Waals surface area contributed by atoms with E-state index in [1.807, 2.05) is 0 Å². The van der Waals surface area contributed by atoms with Crippen LogP contribution in [0.25, 0.3) is 0 Å². The quantitative estimate of drug-likeness (QED) is 0.627. The predicted octanol–water partition coefficient (Wildman–Crippen LogP) is -0.175. The number of carbonyl (C=O) groups is 2. The number of aromatic nitrogens is 2. The molecule has 1 atom stereocenters. The van der Waals surface area contributed by atoms with Crippen molar-refractivity contribution >= 4 is 17.8 Å². The maximum Gasteiger partial charge on any atom is 0.326 e. The van der Waals surface area contributed by atoms with Gasteiger partial charge < -0.3 is 20.3 Å². The first-order chi connectivity index (χ1) is 8.02. The Balaban J connectivity index is 2.78. The van der Waals surface area contributed by atoms with Gasteiger partial charge >= 0.3 is 11.9 Å². The van der Waals surface area contributed by atoms with E-state index >= 15 is 0 Å². The van der Waals surface area contributed by atoms with Crippen molar-refractivity contribution in [1.82, 2.24) is 9.97 Å². The summed E-state index contributed by atoms with van der Waals surface area (Å²) in [5.41, 5.74) is 0. The molecule has 0 radical (unpaired) electrons. The van der Waals surface area contributed by atoms with Crippen LogP contribution in [0.1, 0.15) is 6.42 Å². The van der Waals surface area contributed by atoms with Crippen LogP contribution < -0.4 is 10.1 Å². The standard InChI is InChI=1S/C9H11N3O5/c1-17-7-4-10-3-6(12-7)11-5(9(15)16)2-8(13)14/h3-5H,2H2,1H3,(H,11,12)(H,13,14)(H,15,16). The Hall–Kier alpha value is -2.38. The summed E-state index contributed by atoms with van der Waals surface area (Å²) in [5, 5.41) is 19.8. The normalized spacial score (nSPS) is 11.6. The van der Waals surface area contributed by atoms with Gasteiger partial charge in [0.25, 0.3) is 0 Å². The second kappa shape index (κ2) is 5.64. The van der Waals surface area contributed by atoms with E-state index in [2.05, 4.69) is 15.3 Å². The fourth-order valence-electron chi connectivity index (χ4n) is 1.07. The van der Waals surface area contributed by atoms with Crippen LogP contribution in [0.15, 0.2) is 12.4 Å². The number of carboxylic acids is 2. The minimum Gasteiger partial charge on any atom is -0.481 e. The number of hydrogen-bond acceptors (Lipinski definition) is 6. The van der Waals surface area contributed by atoms with E-state index < -0.39 is 24.4 Å². The topological polar surface area (TPSA) is 122 Å². The zero-order valence-electron chi connectivity index (χ0n) is 8.95. The zero-order chi connectivity index (χ0) is 12.8. The van der Waals surface area contributed by atoms with E-state index in [-0.39, 0.29) is 11.7 Å². The van der Waals surface area contributed by atoms with Gasteiger partial charge in [0.1, 0.15) is 11.9 Å². The molecule has 1 heterocycles. The summed E-state index contributed by atoms with van der Waals surface area (Å²) in [6, 6.07) is -1.27. The molecule has 0 aliphatic rings. The lowest BCUT2D eigenvalue weighted by Gasteiger charge is -2.12. The van der Waals surface area contributed by atoms with E-state index in [4.69, 9.17) is 14.9 Å². The molecule has 0 spiro atoms. The highest BCUT2D eigenvalue weighted by Crippen LogP contribution is 2.10. The lowest BCUT2D eigenvalue weighted by molar-refractivity contribution is -0.144. The molecule has 8 heteroatoms. The smallest absolute Gasteiger partial charge is 0.326 e. The third-order valence-electron chi connectivity index (χ3n) is 1.82. The van der Waals surface area contributed by atoms with Crippen LogP contribution in [-0.4, -0.2) is 45.3 Å². The number of ether oxygens (including phenoxy) is 1. The number of hydrogen-bond donors (Lipinski definition) is 3. The van der Waals surface area contributed by atoms with E-state index in [0.717, 1.165) is 0 Å². The number of anilines is 1. The summed E-state index contributed by atoms with van der Waals surface area (Å²) in [7, 11) is 1.39. The van der Waals surface area contributed by atoms with Crippen LogP contribution in [-0.2, 0) is 9.59 Å². The number of methoxy groups -OCH3 is 1. The minimum absolute atomic E-state index is 0.137. The van der Waals surface area contributed by atoms with Crippen LogP contribution in [0, 0.1) is 0 Å². The molecule has 92 valence electrons. The molecule has 0 bridgehead atoms. The number of aliphatic carboxylic acids is 2. The van der Waals surface area contributed by atoms with Crippen LogP contribution in [0.4, 0.5) is 5.82 Å². The van der Waals surface area contributed by atoms with Crippen molar-refractivity contribution in [2.24, 2.45) is 0 Å². The van der Waals surface area contributed by atoms with Crippen molar-refractivity contribution < 1.29 is 24.5 Å². The van der Waals surface area contributed by atoms with Crippen LogP contribution >= 0.6 is 0 Å². The van der Waals surface area contributed by atoms with Gasteiger partial charge in [-0.15, -0.1) is 0 Å². The van der Waals surface area contributed by atoms with Gasteiger partial charge in [-0.1, -0.05) is 0 Å². The first-order valence-electron chi connectivity index (χ1n) is 4.60. The highest BCUT2D eigenvalue weighted by molar-refractivity contribution is 5.83. The van der Waals surface area contributed by atoms with Crippen LogP contribution in [0.2, 0.25) is 0 Å². The Kier molecular flexibility index (Phi) is 4.21. The van der Waals surface area contributed by atoms with Gasteiger partial charge in [-0.3, -0.25) is 9.78 Å². The Morgan fingerprint density at radius 2 is 2.18 bits per heavy atom. The second-order valence-corrected chi connectivity index (χ2v) is 3.08. The third kappa shape index (κ3) is 3.93. The van der Waals surface area contributed by atoms with Crippen molar-refractivity contribution in [3.63, 3.8) is 0 Å². The molecule has 0 aliphatic carbocycles. The van der Waals surface area contributed by atoms with Gasteiger partial charge in [-0.05, 0) is 0 Å². The van der Waals surface area contributed by atoms with E-state index in [0.29, 0.717) is 0 Å². The van der Waals surface area contributed by atoms with Gasteiger partial charge in [0.2, 0.25) is 5.88 Å². The average molecular weight is 241 g/mol. The Bertz CT molecular complexity index is 423. The maximum absolute atomic E-state index is 10.8. The molecule has 1 aromatic rings. The van der Waals surface area contributed by atoms with Crippen LogP contribution in [0.3, 0.4) is 0 Å². The number of nitrogens with one attached hydrogen (secondary N) is 1. The summed E-state index contributed by atoms with van der Waals surface area (Å²) in [6.07, 6.45) is 2.06. The molecule has 0 amide bonds. The van der Waals surface area contributed by atoms with Crippen molar-refractivity contribution in [1.29, 1.82) is 0 Å². The van der Waals surface area contributed by atoms with Crippen molar-refractivity contribution in [2.75, 3.05) is 12.4 Å². The molecule has 3 N–H and O–H groups in total.